The van der Waals surface area contributed by atoms with Gasteiger partial charge in [0, 0.05) is 5.56 Å². The van der Waals surface area contributed by atoms with E-state index in [0.29, 0.717) is 6.42 Å². The lowest BCUT2D eigenvalue weighted by molar-refractivity contribution is 0.101. The van der Waals surface area contributed by atoms with Gasteiger partial charge in [0.1, 0.15) is 0 Å². The highest BCUT2D eigenvalue weighted by atomic mass is 16.3. The lowest BCUT2D eigenvalue weighted by atomic mass is 9.99. The predicted molar refractivity (Wildman–Crippen MR) is 77.1 cm³/mol. The molecule has 0 fully saturated rings. The molecule has 0 saturated heterocycles. The third kappa shape index (κ3) is 3.09. The van der Waals surface area contributed by atoms with Gasteiger partial charge in [-0.25, -0.2) is 0 Å². The zero-order valence-electron chi connectivity index (χ0n) is 11.3. The van der Waals surface area contributed by atoms with Crippen LogP contribution in [0.15, 0.2) is 48.5 Å². The summed E-state index contributed by atoms with van der Waals surface area (Å²) in [6.45, 7) is 3.52. The molecule has 98 valence electrons. The van der Waals surface area contributed by atoms with Gasteiger partial charge < -0.3 is 5.11 Å². The molecular formula is C17H18O2. The Morgan fingerprint density at radius 1 is 1.00 bits per heavy atom. The van der Waals surface area contributed by atoms with Crippen LogP contribution in [-0.2, 0) is 0 Å². The largest absolute Gasteiger partial charge is 0.388 e. The molecule has 0 radical (unpaired) electrons. The van der Waals surface area contributed by atoms with Crippen LogP contribution in [0.25, 0.3) is 11.1 Å². The Morgan fingerprint density at radius 3 is 1.89 bits per heavy atom. The molecule has 2 aromatic rings. The Bertz CT molecular complexity index is 553. The molecule has 0 heterocycles. The van der Waals surface area contributed by atoms with E-state index in [4.69, 9.17) is 0 Å². The zero-order chi connectivity index (χ0) is 13.8. The van der Waals surface area contributed by atoms with Crippen molar-refractivity contribution >= 4 is 5.78 Å². The highest BCUT2D eigenvalue weighted by Crippen LogP contribution is 2.23. The Kier molecular flexibility index (Phi) is 4.13. The van der Waals surface area contributed by atoms with Crippen LogP contribution in [0, 0.1) is 0 Å². The number of benzene rings is 2. The van der Waals surface area contributed by atoms with Gasteiger partial charge >= 0.3 is 0 Å². The number of aliphatic hydroxyl groups is 1. The highest BCUT2D eigenvalue weighted by molar-refractivity contribution is 5.94. The monoisotopic (exact) mass is 254 g/mol. The molecule has 0 saturated carbocycles. The topological polar surface area (TPSA) is 37.3 Å². The number of Topliss-reactive ketones (excluding diaryl/α,β-unsaturated/α-hetero) is 1. The summed E-state index contributed by atoms with van der Waals surface area (Å²) in [5.74, 6) is 0.0768. The fraction of sp³-hybridized carbons (Fsp3) is 0.235. The predicted octanol–water partition coefficient (Wildman–Crippen LogP) is 4.00. The molecule has 0 amide bonds. The summed E-state index contributed by atoms with van der Waals surface area (Å²) in [4.78, 5) is 11.2. The Morgan fingerprint density at radius 2 is 1.47 bits per heavy atom. The Hall–Kier alpha value is -1.93. The number of hydrogen-bond donors (Lipinski definition) is 1. The van der Waals surface area contributed by atoms with E-state index in [9.17, 15) is 9.90 Å². The van der Waals surface area contributed by atoms with E-state index >= 15 is 0 Å². The smallest absolute Gasteiger partial charge is 0.159 e. The summed E-state index contributed by atoms with van der Waals surface area (Å²) in [6, 6.07) is 15.5. The van der Waals surface area contributed by atoms with E-state index in [1.54, 1.807) is 6.92 Å². The van der Waals surface area contributed by atoms with Crippen LogP contribution in [0.2, 0.25) is 0 Å². The molecule has 0 bridgehead atoms. The number of carbonyl (C=O) groups excluding carboxylic acids is 1. The van der Waals surface area contributed by atoms with Gasteiger partial charge in [0.05, 0.1) is 6.10 Å². The number of carbonyl (C=O) groups is 1. The van der Waals surface area contributed by atoms with Crippen molar-refractivity contribution < 1.29 is 9.90 Å². The molecule has 1 N–H and O–H groups in total. The summed E-state index contributed by atoms with van der Waals surface area (Å²) >= 11 is 0. The van der Waals surface area contributed by atoms with Crippen molar-refractivity contribution in [2.45, 2.75) is 26.4 Å². The molecule has 2 rings (SSSR count). The maximum atomic E-state index is 11.2. The summed E-state index contributed by atoms with van der Waals surface area (Å²) in [5, 5.41) is 9.75. The van der Waals surface area contributed by atoms with Gasteiger partial charge in [-0.3, -0.25) is 4.79 Å². The molecule has 0 aliphatic rings. The van der Waals surface area contributed by atoms with E-state index < -0.39 is 6.10 Å². The molecule has 0 aliphatic heterocycles. The van der Waals surface area contributed by atoms with Crippen LogP contribution in [0.1, 0.15) is 42.3 Å². The second kappa shape index (κ2) is 5.81. The van der Waals surface area contributed by atoms with Crippen LogP contribution in [0.4, 0.5) is 0 Å². The molecule has 2 aromatic carbocycles. The molecule has 19 heavy (non-hydrogen) atoms. The van der Waals surface area contributed by atoms with Crippen molar-refractivity contribution in [3.63, 3.8) is 0 Å². The first-order valence-corrected chi connectivity index (χ1v) is 6.51. The highest BCUT2D eigenvalue weighted by Gasteiger charge is 2.05. The van der Waals surface area contributed by atoms with E-state index in [1.165, 1.54) is 0 Å². The number of hydrogen-bond acceptors (Lipinski definition) is 2. The van der Waals surface area contributed by atoms with Gasteiger partial charge in [-0.05, 0) is 30.0 Å². The molecule has 2 heteroatoms. The van der Waals surface area contributed by atoms with E-state index in [-0.39, 0.29) is 5.78 Å². The maximum absolute atomic E-state index is 11.2. The third-order valence-electron chi connectivity index (χ3n) is 3.31. The number of ketones is 1. The standard InChI is InChI=1S/C17H18O2/c1-3-17(19)16-10-8-15(9-11-16)14-6-4-13(5-7-14)12(2)18/h4-11,17,19H,3H2,1-2H3. The van der Waals surface area contributed by atoms with E-state index in [0.717, 1.165) is 22.3 Å². The van der Waals surface area contributed by atoms with Gasteiger partial charge in [0.15, 0.2) is 5.78 Å². The number of aliphatic hydroxyl groups excluding tert-OH is 1. The lowest BCUT2D eigenvalue weighted by Gasteiger charge is -2.09. The molecule has 1 atom stereocenters. The molecule has 1 unspecified atom stereocenters. The van der Waals surface area contributed by atoms with Gasteiger partial charge in [-0.1, -0.05) is 55.5 Å². The minimum absolute atomic E-state index is 0.0768. The van der Waals surface area contributed by atoms with Crippen molar-refractivity contribution in [2.24, 2.45) is 0 Å². The lowest BCUT2D eigenvalue weighted by Crippen LogP contribution is -1.94. The van der Waals surface area contributed by atoms with Crippen LogP contribution in [-0.4, -0.2) is 10.9 Å². The first-order valence-electron chi connectivity index (χ1n) is 6.51. The van der Waals surface area contributed by atoms with Crippen LogP contribution >= 0.6 is 0 Å². The molecule has 0 aliphatic carbocycles. The van der Waals surface area contributed by atoms with Crippen molar-refractivity contribution in [2.75, 3.05) is 0 Å². The van der Waals surface area contributed by atoms with Crippen molar-refractivity contribution in [1.82, 2.24) is 0 Å². The second-order valence-corrected chi connectivity index (χ2v) is 4.68. The van der Waals surface area contributed by atoms with Crippen molar-refractivity contribution in [3.05, 3.63) is 59.7 Å². The minimum Gasteiger partial charge on any atom is -0.388 e. The second-order valence-electron chi connectivity index (χ2n) is 4.68. The molecular weight excluding hydrogens is 236 g/mol. The molecule has 2 nitrogen and oxygen atoms in total. The molecule has 0 aromatic heterocycles. The Balaban J connectivity index is 2.24. The fourth-order valence-electron chi connectivity index (χ4n) is 2.03. The Labute approximate surface area is 113 Å². The average molecular weight is 254 g/mol. The van der Waals surface area contributed by atoms with Crippen molar-refractivity contribution in [1.29, 1.82) is 0 Å². The van der Waals surface area contributed by atoms with Crippen LogP contribution in [0.5, 0.6) is 0 Å². The van der Waals surface area contributed by atoms with E-state index in [2.05, 4.69) is 0 Å². The first kappa shape index (κ1) is 13.5. The van der Waals surface area contributed by atoms with Crippen molar-refractivity contribution in [3.8, 4) is 11.1 Å². The average Bonchev–Trinajstić information content (AvgIpc) is 2.46. The van der Waals surface area contributed by atoms with E-state index in [1.807, 2.05) is 55.5 Å². The van der Waals surface area contributed by atoms with Gasteiger partial charge in [0.2, 0.25) is 0 Å². The normalized spacial score (nSPS) is 12.2. The summed E-state index contributed by atoms with van der Waals surface area (Å²) < 4.78 is 0. The first-order chi connectivity index (χ1) is 9.11. The van der Waals surface area contributed by atoms with Gasteiger partial charge in [-0.2, -0.15) is 0 Å². The summed E-state index contributed by atoms with van der Waals surface area (Å²) in [6.07, 6.45) is 0.321. The van der Waals surface area contributed by atoms with Crippen LogP contribution < -0.4 is 0 Å². The van der Waals surface area contributed by atoms with Gasteiger partial charge in [-0.15, -0.1) is 0 Å². The van der Waals surface area contributed by atoms with Crippen LogP contribution in [0.3, 0.4) is 0 Å². The maximum Gasteiger partial charge on any atom is 0.159 e. The quantitative estimate of drug-likeness (QED) is 0.837. The fourth-order valence-corrected chi connectivity index (χ4v) is 2.03. The number of rotatable bonds is 4. The summed E-state index contributed by atoms with van der Waals surface area (Å²) in [5.41, 5.74) is 3.82. The molecule has 0 spiro atoms. The summed E-state index contributed by atoms with van der Waals surface area (Å²) in [7, 11) is 0. The SMILES string of the molecule is CCC(O)c1ccc(-c2ccc(C(C)=O)cc2)cc1. The third-order valence-corrected chi connectivity index (χ3v) is 3.31. The van der Waals surface area contributed by atoms with Gasteiger partial charge in [0.25, 0.3) is 0 Å². The zero-order valence-corrected chi connectivity index (χ0v) is 11.3. The minimum atomic E-state index is -0.394.